The van der Waals surface area contributed by atoms with E-state index in [4.69, 9.17) is 38.7 Å². The number of nitrogens with one attached hydrogen (secondary N) is 1. The Morgan fingerprint density at radius 1 is 1.16 bits per heavy atom. The number of ketones is 1. The van der Waals surface area contributed by atoms with Crippen LogP contribution in [0.5, 0.6) is 0 Å². The van der Waals surface area contributed by atoms with Crippen LogP contribution in [0.15, 0.2) is 24.4 Å². The van der Waals surface area contributed by atoms with Crippen molar-refractivity contribution < 1.29 is 9.53 Å². The van der Waals surface area contributed by atoms with Gasteiger partial charge in [0.15, 0.2) is 0 Å². The Kier molecular flexibility index (Phi) is 7.43. The molecule has 0 amide bonds. The highest BCUT2D eigenvalue weighted by atomic mass is 35.5. The van der Waals surface area contributed by atoms with Crippen LogP contribution in [0.4, 0.5) is 5.82 Å². The van der Waals surface area contributed by atoms with Gasteiger partial charge in [-0.3, -0.25) is 9.78 Å². The SMILES string of the molecule is N[C@H]1CC[C@@H](C(=O)Cc2cc(-c3nc(NCC4CCOCC4)ccc3Cl)c(Cl)cn2)C1. The summed E-state index contributed by atoms with van der Waals surface area (Å²) in [6, 6.07) is 5.64. The number of rotatable bonds is 7. The lowest BCUT2D eigenvalue weighted by Crippen LogP contribution is -2.22. The van der Waals surface area contributed by atoms with Gasteiger partial charge in [-0.05, 0) is 56.2 Å². The molecule has 31 heavy (non-hydrogen) atoms. The average molecular weight is 463 g/mol. The molecule has 2 atom stereocenters. The summed E-state index contributed by atoms with van der Waals surface area (Å²) in [5.41, 5.74) is 7.90. The van der Waals surface area contributed by atoms with Gasteiger partial charge in [-0.25, -0.2) is 4.98 Å². The molecule has 2 fully saturated rings. The van der Waals surface area contributed by atoms with Crippen LogP contribution in [-0.4, -0.2) is 41.6 Å². The Morgan fingerprint density at radius 3 is 2.71 bits per heavy atom. The number of pyridine rings is 2. The Balaban J connectivity index is 1.49. The van der Waals surface area contributed by atoms with E-state index in [2.05, 4.69) is 10.3 Å². The average Bonchev–Trinajstić information content (AvgIpc) is 3.22. The minimum absolute atomic E-state index is 0.0235. The lowest BCUT2D eigenvalue weighted by molar-refractivity contribution is -0.122. The second kappa shape index (κ2) is 10.3. The van der Waals surface area contributed by atoms with Gasteiger partial charge < -0.3 is 15.8 Å². The number of carbonyl (C=O) groups is 1. The Labute approximate surface area is 192 Å². The van der Waals surface area contributed by atoms with Gasteiger partial charge in [0, 0.05) is 55.6 Å². The van der Waals surface area contributed by atoms with Crippen LogP contribution < -0.4 is 11.1 Å². The van der Waals surface area contributed by atoms with E-state index in [1.807, 2.05) is 18.2 Å². The first-order valence-electron chi connectivity index (χ1n) is 10.9. The molecule has 0 aromatic carbocycles. The van der Waals surface area contributed by atoms with Crippen LogP contribution in [0, 0.1) is 11.8 Å². The summed E-state index contributed by atoms with van der Waals surface area (Å²) in [7, 11) is 0. The molecule has 6 nitrogen and oxygen atoms in total. The third-order valence-electron chi connectivity index (χ3n) is 6.21. The van der Waals surface area contributed by atoms with Crippen molar-refractivity contribution in [3.8, 4) is 11.3 Å². The molecule has 3 N–H and O–H groups in total. The van der Waals surface area contributed by atoms with Crippen molar-refractivity contribution in [3.63, 3.8) is 0 Å². The minimum Gasteiger partial charge on any atom is -0.381 e. The number of anilines is 1. The molecule has 1 aliphatic carbocycles. The van der Waals surface area contributed by atoms with E-state index in [1.165, 1.54) is 0 Å². The van der Waals surface area contributed by atoms with Gasteiger partial charge in [-0.15, -0.1) is 0 Å². The molecule has 166 valence electrons. The maximum Gasteiger partial charge on any atom is 0.141 e. The summed E-state index contributed by atoms with van der Waals surface area (Å²) >= 11 is 12.9. The van der Waals surface area contributed by atoms with Crippen molar-refractivity contribution in [3.05, 3.63) is 40.1 Å². The highest BCUT2D eigenvalue weighted by Gasteiger charge is 2.28. The summed E-state index contributed by atoms with van der Waals surface area (Å²) in [5, 5.41) is 4.37. The first-order chi connectivity index (χ1) is 15.0. The summed E-state index contributed by atoms with van der Waals surface area (Å²) in [6.07, 6.45) is 6.45. The van der Waals surface area contributed by atoms with Crippen LogP contribution in [0.1, 0.15) is 37.8 Å². The zero-order valence-electron chi connectivity index (χ0n) is 17.4. The predicted octanol–water partition coefficient (Wildman–Crippen LogP) is 4.53. The molecule has 1 saturated carbocycles. The van der Waals surface area contributed by atoms with Crippen LogP contribution >= 0.6 is 23.2 Å². The molecular formula is C23H28Cl2N4O2. The molecule has 1 saturated heterocycles. The summed E-state index contributed by atoms with van der Waals surface area (Å²) in [5.74, 6) is 1.52. The summed E-state index contributed by atoms with van der Waals surface area (Å²) in [6.45, 7) is 2.46. The van der Waals surface area contributed by atoms with Crippen molar-refractivity contribution in [1.29, 1.82) is 0 Å². The van der Waals surface area contributed by atoms with Crippen LogP contribution in [0.25, 0.3) is 11.3 Å². The lowest BCUT2D eigenvalue weighted by atomic mass is 9.97. The highest BCUT2D eigenvalue weighted by molar-refractivity contribution is 6.36. The fraction of sp³-hybridized carbons (Fsp3) is 0.522. The quantitative estimate of drug-likeness (QED) is 0.627. The van der Waals surface area contributed by atoms with E-state index in [-0.39, 0.29) is 24.2 Å². The number of nitrogens with zero attached hydrogens (tertiary/aromatic N) is 2. The Hall–Kier alpha value is -1.73. The molecule has 2 aromatic rings. The molecular weight excluding hydrogens is 435 g/mol. The topological polar surface area (TPSA) is 90.1 Å². The third-order valence-corrected chi connectivity index (χ3v) is 6.82. The number of hydrogen-bond acceptors (Lipinski definition) is 6. The van der Waals surface area contributed by atoms with Crippen LogP contribution in [0.3, 0.4) is 0 Å². The summed E-state index contributed by atoms with van der Waals surface area (Å²) < 4.78 is 5.42. The normalized spacial score (nSPS) is 21.9. The number of ether oxygens (including phenoxy) is 1. The molecule has 3 heterocycles. The molecule has 2 aromatic heterocycles. The van der Waals surface area contributed by atoms with E-state index in [1.54, 1.807) is 6.20 Å². The molecule has 2 aliphatic rings. The number of halogens is 2. The van der Waals surface area contributed by atoms with Crippen molar-refractivity contribution in [2.45, 2.75) is 44.6 Å². The molecule has 0 radical (unpaired) electrons. The molecule has 4 rings (SSSR count). The first-order valence-corrected chi connectivity index (χ1v) is 11.7. The Morgan fingerprint density at radius 2 is 1.97 bits per heavy atom. The van der Waals surface area contributed by atoms with Gasteiger partial charge >= 0.3 is 0 Å². The standard InChI is InChI=1S/C23H28Cl2N4O2/c24-19-3-4-22(28-12-14-5-7-31-8-6-14)29-23(19)18-10-17(27-13-20(18)25)11-21(30)15-1-2-16(26)9-15/h3-4,10,13-16H,1-2,5-9,11-12,26H2,(H,28,29)/t15-,16+/m1/s1. The van der Waals surface area contributed by atoms with Gasteiger partial charge in [0.1, 0.15) is 11.6 Å². The van der Waals surface area contributed by atoms with E-state index >= 15 is 0 Å². The van der Waals surface area contributed by atoms with E-state index in [0.717, 1.165) is 57.7 Å². The van der Waals surface area contributed by atoms with Crippen molar-refractivity contribution in [2.75, 3.05) is 25.1 Å². The number of hydrogen-bond donors (Lipinski definition) is 2. The highest BCUT2D eigenvalue weighted by Crippen LogP contribution is 2.33. The zero-order chi connectivity index (χ0) is 21.8. The van der Waals surface area contributed by atoms with E-state index in [0.29, 0.717) is 32.9 Å². The van der Waals surface area contributed by atoms with Crippen LogP contribution in [-0.2, 0) is 16.0 Å². The van der Waals surface area contributed by atoms with Crippen molar-refractivity contribution in [1.82, 2.24) is 9.97 Å². The maximum absolute atomic E-state index is 12.7. The number of carbonyl (C=O) groups excluding carboxylic acids is 1. The number of Topliss-reactive ketones (excluding diaryl/α,β-unsaturated/α-hetero) is 1. The predicted molar refractivity (Wildman–Crippen MR) is 124 cm³/mol. The lowest BCUT2D eigenvalue weighted by Gasteiger charge is -2.22. The number of aromatic nitrogens is 2. The van der Waals surface area contributed by atoms with Crippen molar-refractivity contribution >= 4 is 34.8 Å². The third kappa shape index (κ3) is 5.75. The van der Waals surface area contributed by atoms with Gasteiger partial charge in [0.25, 0.3) is 0 Å². The first kappa shape index (κ1) is 22.5. The minimum atomic E-state index is 0.0235. The molecule has 0 spiro atoms. The Bertz CT molecular complexity index is 934. The van der Waals surface area contributed by atoms with E-state index in [9.17, 15) is 4.79 Å². The summed E-state index contributed by atoms with van der Waals surface area (Å²) in [4.78, 5) is 21.7. The molecule has 0 unspecified atom stereocenters. The zero-order valence-corrected chi connectivity index (χ0v) is 19.0. The maximum atomic E-state index is 12.7. The molecule has 8 heteroatoms. The smallest absolute Gasteiger partial charge is 0.141 e. The van der Waals surface area contributed by atoms with Gasteiger partial charge in [0.2, 0.25) is 0 Å². The van der Waals surface area contributed by atoms with E-state index < -0.39 is 0 Å². The monoisotopic (exact) mass is 462 g/mol. The van der Waals surface area contributed by atoms with Gasteiger partial charge in [-0.2, -0.15) is 0 Å². The largest absolute Gasteiger partial charge is 0.381 e. The molecule has 0 bridgehead atoms. The second-order valence-corrected chi connectivity index (χ2v) is 9.35. The van der Waals surface area contributed by atoms with Crippen LogP contribution in [0.2, 0.25) is 10.0 Å². The van der Waals surface area contributed by atoms with Gasteiger partial charge in [0.05, 0.1) is 15.7 Å². The van der Waals surface area contributed by atoms with Gasteiger partial charge in [-0.1, -0.05) is 23.2 Å². The fourth-order valence-corrected chi connectivity index (χ4v) is 4.72. The molecule has 1 aliphatic heterocycles. The fourth-order valence-electron chi connectivity index (χ4n) is 4.32. The van der Waals surface area contributed by atoms with Crippen molar-refractivity contribution in [2.24, 2.45) is 17.6 Å². The second-order valence-electron chi connectivity index (χ2n) is 8.53. The number of nitrogens with two attached hydrogens (primary N) is 1.